The zero-order chi connectivity index (χ0) is 23.8. The van der Waals surface area contributed by atoms with Crippen molar-refractivity contribution < 1.29 is 13.9 Å². The van der Waals surface area contributed by atoms with E-state index in [4.69, 9.17) is 4.74 Å². The van der Waals surface area contributed by atoms with Gasteiger partial charge >= 0.3 is 0 Å². The van der Waals surface area contributed by atoms with Crippen molar-refractivity contribution in [1.29, 1.82) is 0 Å². The summed E-state index contributed by atoms with van der Waals surface area (Å²) in [6.45, 7) is 4.14. The van der Waals surface area contributed by atoms with Gasteiger partial charge in [-0.2, -0.15) is 5.10 Å². The van der Waals surface area contributed by atoms with Crippen molar-refractivity contribution in [3.8, 4) is 5.75 Å². The van der Waals surface area contributed by atoms with E-state index < -0.39 is 0 Å². The highest BCUT2D eigenvalue weighted by atomic mass is 19.1. The van der Waals surface area contributed by atoms with Gasteiger partial charge in [0.15, 0.2) is 5.65 Å². The molecule has 9 heteroatoms. The highest BCUT2D eigenvalue weighted by molar-refractivity contribution is 5.94. The Morgan fingerprint density at radius 3 is 2.65 bits per heavy atom. The predicted octanol–water partition coefficient (Wildman–Crippen LogP) is 4.19. The average Bonchev–Trinajstić information content (AvgIpc) is 3.28. The van der Waals surface area contributed by atoms with Gasteiger partial charge in [-0.25, -0.2) is 19.0 Å². The summed E-state index contributed by atoms with van der Waals surface area (Å²) in [5, 5.41) is 11.3. The molecule has 2 aromatic heterocycles. The van der Waals surface area contributed by atoms with E-state index >= 15 is 0 Å². The fraction of sp³-hybridized carbons (Fsp3) is 0.280. The molecule has 0 radical (unpaired) electrons. The van der Waals surface area contributed by atoms with Crippen LogP contribution in [0.3, 0.4) is 0 Å². The average molecular weight is 463 g/mol. The van der Waals surface area contributed by atoms with E-state index in [-0.39, 0.29) is 11.7 Å². The number of benzene rings is 2. The van der Waals surface area contributed by atoms with Gasteiger partial charge < -0.3 is 15.4 Å². The second-order valence-corrected chi connectivity index (χ2v) is 7.79. The number of fused-ring (bicyclic) bond motifs is 1. The molecule has 2 aromatic carbocycles. The Balaban J connectivity index is 1.31. The molecule has 4 aromatic rings. The maximum absolute atomic E-state index is 13.1. The summed E-state index contributed by atoms with van der Waals surface area (Å²) in [5.41, 5.74) is 2.17. The first kappa shape index (κ1) is 23.2. The van der Waals surface area contributed by atoms with E-state index in [1.165, 1.54) is 18.5 Å². The lowest BCUT2D eigenvalue weighted by Gasteiger charge is -2.09. The lowest BCUT2D eigenvalue weighted by Crippen LogP contribution is -2.27. The van der Waals surface area contributed by atoms with Crippen molar-refractivity contribution >= 4 is 22.8 Å². The van der Waals surface area contributed by atoms with E-state index in [2.05, 4.69) is 32.6 Å². The largest absolute Gasteiger partial charge is 0.494 e. The van der Waals surface area contributed by atoms with Crippen molar-refractivity contribution in [2.75, 3.05) is 18.5 Å². The first-order valence-electron chi connectivity index (χ1n) is 11.3. The summed E-state index contributed by atoms with van der Waals surface area (Å²) < 4.78 is 20.5. The lowest BCUT2D eigenvalue weighted by molar-refractivity contribution is 0.0952. The number of anilines is 1. The van der Waals surface area contributed by atoms with Crippen LogP contribution in [-0.2, 0) is 13.1 Å². The first-order valence-corrected chi connectivity index (χ1v) is 11.3. The van der Waals surface area contributed by atoms with Crippen molar-refractivity contribution in [3.63, 3.8) is 0 Å². The Morgan fingerprint density at radius 1 is 1.09 bits per heavy atom. The van der Waals surface area contributed by atoms with Crippen LogP contribution in [-0.4, -0.2) is 38.8 Å². The maximum atomic E-state index is 13.1. The van der Waals surface area contributed by atoms with Crippen LogP contribution in [0.5, 0.6) is 5.75 Å². The number of nitrogens with zero attached hydrogens (tertiary/aromatic N) is 4. The number of amides is 1. The second-order valence-electron chi connectivity index (χ2n) is 7.79. The van der Waals surface area contributed by atoms with Crippen LogP contribution >= 0.6 is 0 Å². The molecule has 0 saturated carbocycles. The van der Waals surface area contributed by atoms with Gasteiger partial charge in [-0.15, -0.1) is 0 Å². The van der Waals surface area contributed by atoms with Crippen LogP contribution in [0.15, 0.2) is 61.1 Å². The number of halogens is 1. The lowest BCUT2D eigenvalue weighted by atomic mass is 10.2. The minimum absolute atomic E-state index is 0.159. The fourth-order valence-electron chi connectivity index (χ4n) is 3.40. The monoisotopic (exact) mass is 462 g/mol. The molecule has 34 heavy (non-hydrogen) atoms. The number of hydrogen-bond acceptors (Lipinski definition) is 6. The minimum Gasteiger partial charge on any atom is -0.494 e. The molecule has 0 unspecified atom stereocenters. The summed E-state index contributed by atoms with van der Waals surface area (Å²) in [7, 11) is 0. The zero-order valence-electron chi connectivity index (χ0n) is 19.0. The van der Waals surface area contributed by atoms with Crippen molar-refractivity contribution in [2.45, 2.75) is 32.9 Å². The summed E-state index contributed by atoms with van der Waals surface area (Å²) >= 11 is 0. The Bertz CT molecular complexity index is 1220. The highest BCUT2D eigenvalue weighted by Gasteiger charge is 2.11. The Labute approximate surface area is 197 Å². The van der Waals surface area contributed by atoms with E-state index in [9.17, 15) is 9.18 Å². The van der Waals surface area contributed by atoms with Crippen molar-refractivity contribution in [1.82, 2.24) is 25.1 Å². The standard InChI is InChI=1S/C25H27FN6O2/c1-2-3-14-34-21-10-6-19(7-11-21)25(33)27-12-13-32-24-22(16-31-32)23(29-17-30-24)28-15-18-4-8-20(26)9-5-18/h4-11,16-17H,2-3,12-15H2,1H3,(H,27,33)(H,28,29,30). The number of carbonyl (C=O) groups excluding carboxylic acids is 1. The number of aromatic nitrogens is 4. The molecule has 8 nitrogen and oxygen atoms in total. The number of rotatable bonds is 11. The molecule has 2 heterocycles. The quantitative estimate of drug-likeness (QED) is 0.325. The van der Waals surface area contributed by atoms with Gasteiger partial charge in [-0.1, -0.05) is 25.5 Å². The van der Waals surface area contributed by atoms with Gasteiger partial charge in [0.1, 0.15) is 23.7 Å². The number of ether oxygens (including phenoxy) is 1. The van der Waals surface area contributed by atoms with E-state index in [1.807, 2.05) is 12.1 Å². The summed E-state index contributed by atoms with van der Waals surface area (Å²) in [5.74, 6) is 0.977. The minimum atomic E-state index is -0.269. The van der Waals surface area contributed by atoms with Crippen LogP contribution in [0.2, 0.25) is 0 Å². The molecule has 0 spiro atoms. The van der Waals surface area contributed by atoms with Gasteiger partial charge in [0.05, 0.1) is 24.7 Å². The van der Waals surface area contributed by atoms with E-state index in [1.54, 1.807) is 35.1 Å². The third-order valence-electron chi connectivity index (χ3n) is 5.30. The predicted molar refractivity (Wildman–Crippen MR) is 128 cm³/mol. The van der Waals surface area contributed by atoms with Crippen molar-refractivity contribution in [3.05, 3.63) is 78.0 Å². The Kier molecular flexibility index (Phi) is 7.64. The smallest absolute Gasteiger partial charge is 0.251 e. The topological polar surface area (TPSA) is 94.0 Å². The number of carbonyl (C=O) groups is 1. The second kappa shape index (κ2) is 11.2. The SMILES string of the molecule is CCCCOc1ccc(C(=O)NCCn2ncc3c(NCc4ccc(F)cc4)ncnc32)cc1. The van der Waals surface area contributed by atoms with Crippen molar-refractivity contribution in [2.24, 2.45) is 0 Å². The number of unbranched alkanes of at least 4 members (excludes halogenated alkanes) is 1. The summed E-state index contributed by atoms with van der Waals surface area (Å²) in [4.78, 5) is 21.1. The maximum Gasteiger partial charge on any atom is 0.251 e. The zero-order valence-corrected chi connectivity index (χ0v) is 19.0. The summed E-state index contributed by atoms with van der Waals surface area (Å²) in [6.07, 6.45) is 5.24. The molecule has 0 atom stereocenters. The first-order chi connectivity index (χ1) is 16.6. The molecule has 2 N–H and O–H groups in total. The van der Waals surface area contributed by atoms with Gasteiger partial charge in [0.2, 0.25) is 0 Å². The van der Waals surface area contributed by atoms with Gasteiger partial charge in [0.25, 0.3) is 5.91 Å². The fourth-order valence-corrected chi connectivity index (χ4v) is 3.40. The van der Waals surface area contributed by atoms with Crippen LogP contribution < -0.4 is 15.4 Å². The normalized spacial score (nSPS) is 10.9. The molecule has 4 rings (SSSR count). The highest BCUT2D eigenvalue weighted by Crippen LogP contribution is 2.19. The molecule has 0 aliphatic carbocycles. The molecule has 0 saturated heterocycles. The summed E-state index contributed by atoms with van der Waals surface area (Å²) in [6, 6.07) is 13.4. The van der Waals surface area contributed by atoms with Gasteiger partial charge in [-0.3, -0.25) is 4.79 Å². The Morgan fingerprint density at radius 2 is 1.88 bits per heavy atom. The molecule has 176 valence electrons. The molecular formula is C25H27FN6O2. The van der Waals surface area contributed by atoms with E-state index in [0.717, 1.165) is 29.5 Å². The van der Waals surface area contributed by atoms with E-state index in [0.29, 0.717) is 43.3 Å². The van der Waals surface area contributed by atoms with Crippen LogP contribution in [0.25, 0.3) is 11.0 Å². The Hall–Kier alpha value is -4.01. The van der Waals surface area contributed by atoms with Gasteiger partial charge in [-0.05, 0) is 48.4 Å². The molecule has 0 aliphatic rings. The van der Waals surface area contributed by atoms with Crippen LogP contribution in [0.4, 0.5) is 10.2 Å². The third-order valence-corrected chi connectivity index (χ3v) is 5.30. The van der Waals surface area contributed by atoms with Crippen LogP contribution in [0.1, 0.15) is 35.7 Å². The number of nitrogens with one attached hydrogen (secondary N) is 2. The molecular weight excluding hydrogens is 435 g/mol. The number of hydrogen-bond donors (Lipinski definition) is 2. The molecule has 0 bridgehead atoms. The van der Waals surface area contributed by atoms with Crippen LogP contribution in [0, 0.1) is 5.82 Å². The molecule has 1 amide bonds. The molecule has 0 aliphatic heterocycles. The van der Waals surface area contributed by atoms with Gasteiger partial charge in [0, 0.05) is 18.7 Å². The molecule has 0 fully saturated rings. The third kappa shape index (κ3) is 5.86.